The molecular formula is C24H25N3O4. The first-order chi connectivity index (χ1) is 14.9. The second kappa shape index (κ2) is 8.71. The van der Waals surface area contributed by atoms with E-state index in [1.54, 1.807) is 4.90 Å². The second-order valence-corrected chi connectivity index (χ2v) is 8.19. The molecule has 1 amide bonds. The van der Waals surface area contributed by atoms with E-state index in [4.69, 9.17) is 0 Å². The Balaban J connectivity index is 1.69. The van der Waals surface area contributed by atoms with Gasteiger partial charge in [0.1, 0.15) is 0 Å². The zero-order chi connectivity index (χ0) is 22.0. The number of amides is 1. The number of nitro benzene ring substituents is 1. The van der Waals surface area contributed by atoms with Crippen molar-refractivity contribution in [1.29, 1.82) is 0 Å². The van der Waals surface area contributed by atoms with Gasteiger partial charge in [0.15, 0.2) is 0 Å². The third-order valence-electron chi connectivity index (χ3n) is 6.11. The van der Waals surface area contributed by atoms with Crippen molar-refractivity contribution in [3.8, 4) is 0 Å². The van der Waals surface area contributed by atoms with Crippen molar-refractivity contribution in [1.82, 2.24) is 9.88 Å². The molecule has 31 heavy (non-hydrogen) atoms. The number of benzene rings is 2. The molecule has 2 aromatic carbocycles. The van der Waals surface area contributed by atoms with Crippen molar-refractivity contribution < 1.29 is 9.72 Å². The SMILES string of the molecule is Cc1cccc2cc(CN(C(=O)c3ccc([N+](=O)[O-])cc3)C3CCCCC3)c(=O)[nH]c12. The summed E-state index contributed by atoms with van der Waals surface area (Å²) in [5.74, 6) is -0.203. The predicted octanol–water partition coefficient (Wildman–Crippen LogP) is 4.72. The monoisotopic (exact) mass is 419 g/mol. The van der Waals surface area contributed by atoms with Gasteiger partial charge in [0.25, 0.3) is 17.2 Å². The van der Waals surface area contributed by atoms with Gasteiger partial charge < -0.3 is 9.88 Å². The van der Waals surface area contributed by atoms with Crippen LogP contribution in [-0.4, -0.2) is 26.8 Å². The van der Waals surface area contributed by atoms with Crippen LogP contribution >= 0.6 is 0 Å². The maximum absolute atomic E-state index is 13.4. The molecule has 7 nitrogen and oxygen atoms in total. The number of pyridine rings is 1. The molecule has 0 unspecified atom stereocenters. The van der Waals surface area contributed by atoms with Crippen LogP contribution in [0.5, 0.6) is 0 Å². The molecule has 0 spiro atoms. The zero-order valence-corrected chi connectivity index (χ0v) is 17.5. The zero-order valence-electron chi connectivity index (χ0n) is 17.5. The molecule has 0 atom stereocenters. The lowest BCUT2D eigenvalue weighted by atomic mass is 9.93. The Labute approximate surface area is 179 Å². The van der Waals surface area contributed by atoms with Crippen molar-refractivity contribution in [3.63, 3.8) is 0 Å². The Morgan fingerprint density at radius 2 is 1.84 bits per heavy atom. The van der Waals surface area contributed by atoms with E-state index in [0.29, 0.717) is 11.1 Å². The van der Waals surface area contributed by atoms with E-state index >= 15 is 0 Å². The van der Waals surface area contributed by atoms with Crippen molar-refractivity contribution >= 4 is 22.5 Å². The molecule has 4 rings (SSSR count). The second-order valence-electron chi connectivity index (χ2n) is 8.19. The lowest BCUT2D eigenvalue weighted by molar-refractivity contribution is -0.384. The van der Waals surface area contributed by atoms with E-state index in [9.17, 15) is 19.7 Å². The standard InChI is InChI=1S/C24H25N3O4/c1-16-6-5-7-18-14-19(23(28)25-22(16)18)15-26(20-8-3-2-4-9-20)24(29)17-10-12-21(13-11-17)27(30)31/h5-7,10-14,20H,2-4,8-9,15H2,1H3,(H,25,28). The number of rotatable bonds is 5. The number of para-hydroxylation sites is 1. The van der Waals surface area contributed by atoms with Gasteiger partial charge in [0.2, 0.25) is 0 Å². The number of aryl methyl sites for hydroxylation is 1. The van der Waals surface area contributed by atoms with Gasteiger partial charge in [-0.25, -0.2) is 0 Å². The van der Waals surface area contributed by atoms with E-state index in [1.165, 1.54) is 24.3 Å². The summed E-state index contributed by atoms with van der Waals surface area (Å²) >= 11 is 0. The van der Waals surface area contributed by atoms with Crippen LogP contribution in [0.25, 0.3) is 10.9 Å². The van der Waals surface area contributed by atoms with Gasteiger partial charge in [0, 0.05) is 29.3 Å². The minimum Gasteiger partial charge on any atom is -0.331 e. The summed E-state index contributed by atoms with van der Waals surface area (Å²) < 4.78 is 0. The van der Waals surface area contributed by atoms with Gasteiger partial charge in [-0.1, -0.05) is 37.5 Å². The molecule has 1 aliphatic carbocycles. The average Bonchev–Trinajstić information content (AvgIpc) is 2.78. The summed E-state index contributed by atoms with van der Waals surface area (Å²) in [5.41, 5.74) is 2.48. The van der Waals surface area contributed by atoms with E-state index in [1.807, 2.05) is 31.2 Å². The molecule has 160 valence electrons. The number of aromatic nitrogens is 1. The maximum Gasteiger partial charge on any atom is 0.269 e. The Kier molecular flexibility index (Phi) is 5.84. The average molecular weight is 419 g/mol. The number of carbonyl (C=O) groups is 1. The third-order valence-corrected chi connectivity index (χ3v) is 6.11. The summed E-state index contributed by atoms with van der Waals surface area (Å²) in [6, 6.07) is 13.4. The number of H-pyrrole nitrogens is 1. The van der Waals surface area contributed by atoms with Gasteiger partial charge >= 0.3 is 0 Å². The Morgan fingerprint density at radius 3 is 2.52 bits per heavy atom. The molecule has 1 heterocycles. The van der Waals surface area contributed by atoms with Crippen molar-refractivity contribution in [2.45, 2.75) is 51.6 Å². The molecule has 0 radical (unpaired) electrons. The first-order valence-electron chi connectivity index (χ1n) is 10.6. The maximum atomic E-state index is 13.4. The fourth-order valence-electron chi connectivity index (χ4n) is 4.38. The van der Waals surface area contributed by atoms with Crippen LogP contribution in [0.4, 0.5) is 5.69 Å². The number of aromatic amines is 1. The smallest absolute Gasteiger partial charge is 0.269 e. The van der Waals surface area contributed by atoms with E-state index in [2.05, 4.69) is 4.98 Å². The van der Waals surface area contributed by atoms with Gasteiger partial charge in [-0.15, -0.1) is 0 Å². The number of non-ortho nitro benzene ring substituents is 1. The van der Waals surface area contributed by atoms with Crippen LogP contribution in [0, 0.1) is 17.0 Å². The summed E-state index contributed by atoms with van der Waals surface area (Å²) in [5, 5.41) is 11.9. The predicted molar refractivity (Wildman–Crippen MR) is 119 cm³/mol. The number of hydrogen-bond donors (Lipinski definition) is 1. The van der Waals surface area contributed by atoms with Crippen molar-refractivity contribution in [3.05, 3.63) is 85.7 Å². The molecule has 0 aliphatic heterocycles. The molecular weight excluding hydrogens is 394 g/mol. The Hall–Kier alpha value is -3.48. The summed E-state index contributed by atoms with van der Waals surface area (Å²) in [6.07, 6.45) is 5.02. The normalized spacial score (nSPS) is 14.5. The quantitative estimate of drug-likeness (QED) is 0.478. The van der Waals surface area contributed by atoms with Crippen molar-refractivity contribution in [2.24, 2.45) is 0 Å². The highest BCUT2D eigenvalue weighted by atomic mass is 16.6. The largest absolute Gasteiger partial charge is 0.331 e. The topological polar surface area (TPSA) is 96.3 Å². The highest BCUT2D eigenvalue weighted by Crippen LogP contribution is 2.26. The van der Waals surface area contributed by atoms with Crippen LogP contribution in [0.3, 0.4) is 0 Å². The van der Waals surface area contributed by atoms with Crippen LogP contribution in [0.1, 0.15) is 53.6 Å². The van der Waals surface area contributed by atoms with Gasteiger partial charge in [-0.2, -0.15) is 0 Å². The van der Waals surface area contributed by atoms with Gasteiger partial charge in [0.05, 0.1) is 17.0 Å². The summed E-state index contributed by atoms with van der Waals surface area (Å²) in [4.78, 5) is 41.4. The van der Waals surface area contributed by atoms with E-state index < -0.39 is 4.92 Å². The van der Waals surface area contributed by atoms with Crippen molar-refractivity contribution in [2.75, 3.05) is 0 Å². The molecule has 7 heteroatoms. The third kappa shape index (κ3) is 4.35. The van der Waals surface area contributed by atoms with E-state index in [-0.39, 0.29) is 29.7 Å². The van der Waals surface area contributed by atoms with E-state index in [0.717, 1.165) is 48.6 Å². The van der Waals surface area contributed by atoms with Gasteiger partial charge in [-0.3, -0.25) is 19.7 Å². The Morgan fingerprint density at radius 1 is 1.13 bits per heavy atom. The number of nitrogens with zero attached hydrogens (tertiary/aromatic N) is 2. The fourth-order valence-corrected chi connectivity index (χ4v) is 4.38. The van der Waals surface area contributed by atoms with Crippen LogP contribution in [0.15, 0.2) is 53.3 Å². The summed E-state index contributed by atoms with van der Waals surface area (Å²) in [6.45, 7) is 2.16. The molecule has 1 aliphatic rings. The van der Waals surface area contributed by atoms with Crippen LogP contribution < -0.4 is 5.56 Å². The number of carbonyl (C=O) groups excluding carboxylic acids is 1. The lowest BCUT2D eigenvalue weighted by Crippen LogP contribution is -2.42. The fraction of sp³-hybridized carbons (Fsp3) is 0.333. The molecule has 1 saturated carbocycles. The number of hydrogen-bond acceptors (Lipinski definition) is 4. The molecule has 1 fully saturated rings. The molecule has 0 bridgehead atoms. The molecule has 3 aromatic rings. The minimum absolute atomic E-state index is 0.0454. The number of nitrogens with one attached hydrogen (secondary N) is 1. The first kappa shape index (κ1) is 20.8. The highest BCUT2D eigenvalue weighted by molar-refractivity contribution is 5.94. The van der Waals surface area contributed by atoms with Gasteiger partial charge in [-0.05, 0) is 48.9 Å². The Bertz CT molecular complexity index is 1180. The van der Waals surface area contributed by atoms with Crippen LogP contribution in [-0.2, 0) is 6.54 Å². The first-order valence-corrected chi connectivity index (χ1v) is 10.6. The molecule has 1 N–H and O–H groups in total. The minimum atomic E-state index is -0.482. The summed E-state index contributed by atoms with van der Waals surface area (Å²) in [7, 11) is 0. The number of nitro groups is 1. The number of fused-ring (bicyclic) bond motifs is 1. The molecule has 1 aromatic heterocycles. The highest BCUT2D eigenvalue weighted by Gasteiger charge is 2.27. The molecule has 0 saturated heterocycles. The lowest BCUT2D eigenvalue weighted by Gasteiger charge is -2.34. The van der Waals surface area contributed by atoms with Crippen LogP contribution in [0.2, 0.25) is 0 Å².